The summed E-state index contributed by atoms with van der Waals surface area (Å²) in [6.07, 6.45) is 10.1. The molecular weight excluding hydrogens is 352 g/mol. The average molecular weight is 385 g/mol. The number of carbonyl (C=O) groups is 1. The van der Waals surface area contributed by atoms with Gasteiger partial charge in [0.05, 0.1) is 5.69 Å². The lowest BCUT2D eigenvalue weighted by molar-refractivity contribution is -0.132. The zero-order chi connectivity index (χ0) is 19.7. The van der Waals surface area contributed by atoms with Gasteiger partial charge in [0, 0.05) is 49.4 Å². The van der Waals surface area contributed by atoms with Crippen LogP contribution in [-0.4, -0.2) is 38.1 Å². The summed E-state index contributed by atoms with van der Waals surface area (Å²) >= 11 is 0. The van der Waals surface area contributed by atoms with Crippen LogP contribution in [-0.2, 0) is 24.2 Å². The van der Waals surface area contributed by atoms with Crippen molar-refractivity contribution in [2.24, 2.45) is 5.92 Å². The first-order valence-electron chi connectivity index (χ1n) is 10.7. The third kappa shape index (κ3) is 4.15. The van der Waals surface area contributed by atoms with Gasteiger partial charge in [0.25, 0.3) is 0 Å². The smallest absolute Gasteiger partial charge is 0.223 e. The zero-order valence-corrected chi connectivity index (χ0v) is 17.4. The van der Waals surface area contributed by atoms with E-state index >= 15 is 0 Å². The minimum Gasteiger partial charge on any atom is -0.361 e. The Morgan fingerprint density at radius 3 is 2.75 bits per heavy atom. The van der Waals surface area contributed by atoms with Crippen LogP contribution in [0.2, 0.25) is 0 Å². The molecule has 6 heteroatoms. The zero-order valence-electron chi connectivity index (χ0n) is 17.4. The minimum absolute atomic E-state index is 0.264. The van der Waals surface area contributed by atoms with Crippen molar-refractivity contribution in [3.63, 3.8) is 0 Å². The van der Waals surface area contributed by atoms with Crippen molar-refractivity contribution in [2.45, 2.75) is 84.7 Å². The van der Waals surface area contributed by atoms with E-state index < -0.39 is 0 Å². The average Bonchev–Trinajstić information content (AvgIpc) is 3.11. The van der Waals surface area contributed by atoms with Crippen LogP contribution in [0.5, 0.6) is 0 Å². The van der Waals surface area contributed by atoms with Crippen molar-refractivity contribution in [3.8, 4) is 0 Å². The molecule has 152 valence electrons. The summed E-state index contributed by atoms with van der Waals surface area (Å²) < 4.78 is 7.62. The lowest BCUT2D eigenvalue weighted by Gasteiger charge is -2.25. The molecule has 3 heterocycles. The highest BCUT2D eigenvalue weighted by molar-refractivity contribution is 5.77. The molecule has 4 rings (SSSR count). The number of carbonyl (C=O) groups excluding carboxylic acids is 1. The van der Waals surface area contributed by atoms with Crippen LogP contribution >= 0.6 is 0 Å². The molecule has 1 atom stereocenters. The fourth-order valence-corrected chi connectivity index (χ4v) is 4.51. The van der Waals surface area contributed by atoms with E-state index in [-0.39, 0.29) is 5.91 Å². The van der Waals surface area contributed by atoms with Gasteiger partial charge in [0.15, 0.2) is 0 Å². The fraction of sp³-hybridized carbons (Fsp3) is 0.682. The molecule has 2 aromatic rings. The lowest BCUT2D eigenvalue weighted by atomic mass is 10.1. The van der Waals surface area contributed by atoms with Crippen molar-refractivity contribution in [3.05, 3.63) is 34.7 Å². The van der Waals surface area contributed by atoms with Gasteiger partial charge in [-0.15, -0.1) is 0 Å². The van der Waals surface area contributed by atoms with E-state index in [0.29, 0.717) is 18.9 Å². The highest BCUT2D eigenvalue weighted by Gasteiger charge is 2.29. The summed E-state index contributed by atoms with van der Waals surface area (Å²) in [6, 6.07) is 0.351. The molecule has 1 saturated carbocycles. The van der Waals surface area contributed by atoms with Crippen molar-refractivity contribution in [1.29, 1.82) is 0 Å². The molecule has 1 amide bonds. The Morgan fingerprint density at radius 1 is 1.21 bits per heavy atom. The van der Waals surface area contributed by atoms with Crippen molar-refractivity contribution in [1.82, 2.24) is 19.6 Å². The van der Waals surface area contributed by atoms with Gasteiger partial charge in [-0.05, 0) is 65.2 Å². The number of rotatable bonds is 8. The second-order valence-electron chi connectivity index (χ2n) is 8.59. The van der Waals surface area contributed by atoms with Crippen molar-refractivity contribution in [2.75, 3.05) is 6.54 Å². The summed E-state index contributed by atoms with van der Waals surface area (Å²) in [6.45, 7) is 8.02. The van der Waals surface area contributed by atoms with Crippen LogP contribution in [0.3, 0.4) is 0 Å². The summed E-state index contributed by atoms with van der Waals surface area (Å²) in [4.78, 5) is 19.6. The van der Waals surface area contributed by atoms with E-state index in [1.807, 2.05) is 20.0 Å². The maximum atomic E-state index is 12.9. The van der Waals surface area contributed by atoms with Gasteiger partial charge in [-0.1, -0.05) is 5.16 Å². The number of aromatic nitrogens is 3. The van der Waals surface area contributed by atoms with Gasteiger partial charge in [-0.25, -0.2) is 4.98 Å². The van der Waals surface area contributed by atoms with Gasteiger partial charge >= 0.3 is 0 Å². The predicted octanol–water partition coefficient (Wildman–Crippen LogP) is 3.76. The maximum Gasteiger partial charge on any atom is 0.223 e. The van der Waals surface area contributed by atoms with Gasteiger partial charge < -0.3 is 14.0 Å². The molecule has 0 N–H and O–H groups in total. The van der Waals surface area contributed by atoms with E-state index in [2.05, 4.69) is 26.5 Å². The lowest BCUT2D eigenvalue weighted by Crippen LogP contribution is -2.36. The Balaban J connectivity index is 1.33. The molecular formula is C22H32N4O2. The minimum atomic E-state index is 0.264. The van der Waals surface area contributed by atoms with Crippen LogP contribution in [0.15, 0.2) is 10.7 Å². The Hall–Kier alpha value is -2.11. The molecule has 2 aliphatic rings. The van der Waals surface area contributed by atoms with E-state index in [1.54, 1.807) is 0 Å². The Labute approximate surface area is 167 Å². The first kappa shape index (κ1) is 19.2. The summed E-state index contributed by atoms with van der Waals surface area (Å²) in [5.74, 6) is 3.14. The van der Waals surface area contributed by atoms with E-state index in [9.17, 15) is 4.79 Å². The highest BCUT2D eigenvalue weighted by atomic mass is 16.5. The standard InChI is InChI=1S/C22H32N4O2/c1-15-13-23-21(26(15)14-18-6-7-18)10-8-19-5-4-12-25(19)22(27)11-9-20-16(2)24-28-17(20)3/h13,18-19H,4-12,14H2,1-3H3. The third-order valence-electron chi connectivity index (χ3n) is 6.44. The number of amides is 1. The third-order valence-corrected chi connectivity index (χ3v) is 6.44. The van der Waals surface area contributed by atoms with E-state index in [1.165, 1.54) is 24.4 Å². The van der Waals surface area contributed by atoms with Gasteiger partial charge in [0.1, 0.15) is 11.6 Å². The topological polar surface area (TPSA) is 64.2 Å². The normalized spacial score (nSPS) is 19.5. The number of nitrogens with zero attached hydrogens (tertiary/aromatic N) is 4. The van der Waals surface area contributed by atoms with Crippen molar-refractivity contribution < 1.29 is 9.32 Å². The SMILES string of the molecule is Cc1noc(C)c1CCC(=O)N1CCCC1CCc1ncc(C)n1CC1CC1. The Morgan fingerprint density at radius 2 is 2.04 bits per heavy atom. The molecule has 1 aliphatic carbocycles. The summed E-state index contributed by atoms with van der Waals surface area (Å²) in [7, 11) is 0. The quantitative estimate of drug-likeness (QED) is 0.695. The second kappa shape index (κ2) is 8.10. The number of aryl methyl sites for hydroxylation is 4. The Kier molecular flexibility index (Phi) is 5.56. The first-order chi connectivity index (χ1) is 13.5. The van der Waals surface area contributed by atoms with Crippen LogP contribution in [0, 0.1) is 26.7 Å². The molecule has 0 aromatic carbocycles. The fourth-order valence-electron chi connectivity index (χ4n) is 4.51. The van der Waals surface area contributed by atoms with Crippen LogP contribution in [0.25, 0.3) is 0 Å². The monoisotopic (exact) mass is 384 g/mol. The second-order valence-corrected chi connectivity index (χ2v) is 8.59. The van der Waals surface area contributed by atoms with Gasteiger partial charge in [-0.2, -0.15) is 0 Å². The van der Waals surface area contributed by atoms with Crippen LogP contribution in [0.4, 0.5) is 0 Å². The molecule has 0 spiro atoms. The Bertz CT molecular complexity index is 814. The number of hydrogen-bond acceptors (Lipinski definition) is 4. The first-order valence-corrected chi connectivity index (χ1v) is 10.7. The highest BCUT2D eigenvalue weighted by Crippen LogP contribution is 2.32. The summed E-state index contributed by atoms with van der Waals surface area (Å²) in [5.41, 5.74) is 3.25. The molecule has 1 unspecified atom stereocenters. The maximum absolute atomic E-state index is 12.9. The molecule has 0 bridgehead atoms. The number of hydrogen-bond donors (Lipinski definition) is 0. The summed E-state index contributed by atoms with van der Waals surface area (Å²) in [5, 5.41) is 4.00. The number of imidazole rings is 1. The van der Waals surface area contributed by atoms with Crippen LogP contribution < -0.4 is 0 Å². The van der Waals surface area contributed by atoms with E-state index in [4.69, 9.17) is 4.52 Å². The molecule has 1 saturated heterocycles. The van der Waals surface area contributed by atoms with E-state index in [0.717, 1.165) is 61.7 Å². The number of likely N-dealkylation sites (tertiary alicyclic amines) is 1. The molecule has 28 heavy (non-hydrogen) atoms. The molecule has 0 radical (unpaired) electrons. The molecule has 6 nitrogen and oxygen atoms in total. The van der Waals surface area contributed by atoms with Gasteiger partial charge in [0.2, 0.25) is 5.91 Å². The molecule has 2 aromatic heterocycles. The molecule has 1 aliphatic heterocycles. The van der Waals surface area contributed by atoms with Crippen molar-refractivity contribution >= 4 is 5.91 Å². The predicted molar refractivity (Wildman–Crippen MR) is 107 cm³/mol. The molecule has 2 fully saturated rings. The van der Waals surface area contributed by atoms with Crippen LogP contribution in [0.1, 0.15) is 67.1 Å². The largest absolute Gasteiger partial charge is 0.361 e. The van der Waals surface area contributed by atoms with Gasteiger partial charge in [-0.3, -0.25) is 4.79 Å².